The van der Waals surface area contributed by atoms with E-state index in [1.165, 1.54) is 0 Å². The van der Waals surface area contributed by atoms with Gasteiger partial charge < -0.3 is 16.2 Å². The van der Waals surface area contributed by atoms with Crippen molar-refractivity contribution >= 4 is 11.9 Å². The number of hydrogen-bond donors (Lipinski definition) is 3. The minimum atomic E-state index is -1.21. The predicted molar refractivity (Wildman–Crippen MR) is 71.2 cm³/mol. The smallest absolute Gasteiger partial charge is 0.329 e. The quantitative estimate of drug-likeness (QED) is 0.615. The fraction of sp³-hybridized carbons (Fsp3) is 0.846. The third-order valence-electron chi connectivity index (χ3n) is 3.84. The van der Waals surface area contributed by atoms with Gasteiger partial charge in [-0.25, -0.2) is 4.79 Å². The maximum Gasteiger partial charge on any atom is 0.329 e. The zero-order chi connectivity index (χ0) is 14.4. The monoisotopic (exact) mass is 258 g/mol. The number of carbonyl (C=O) groups is 2. The summed E-state index contributed by atoms with van der Waals surface area (Å²) >= 11 is 0. The van der Waals surface area contributed by atoms with Gasteiger partial charge in [-0.05, 0) is 26.2 Å². The van der Waals surface area contributed by atoms with Crippen LogP contribution in [-0.2, 0) is 9.59 Å². The van der Waals surface area contributed by atoms with E-state index in [2.05, 4.69) is 5.32 Å². The van der Waals surface area contributed by atoms with E-state index in [1.54, 1.807) is 6.92 Å². The molecule has 0 aromatic carbocycles. The lowest BCUT2D eigenvalue weighted by molar-refractivity contribution is -0.149. The van der Waals surface area contributed by atoms with E-state index >= 15 is 0 Å². The molecule has 106 valence electrons. The Morgan fingerprint density at radius 1 is 1.22 bits per heavy atom. The van der Waals surface area contributed by atoms with Crippen molar-refractivity contribution in [1.82, 2.24) is 5.32 Å². The van der Waals surface area contributed by atoms with Crippen LogP contribution in [0.5, 0.6) is 0 Å². The standard InChI is InChI=1S/C13H26N2O3/c1-5-8-12(4,11(17)18)15-10(16)13(6-2,7-3)9-14/h5-9,14H2,1-4H3,(H,15,16)(H,17,18). The van der Waals surface area contributed by atoms with E-state index in [4.69, 9.17) is 5.73 Å². The topological polar surface area (TPSA) is 92.4 Å². The summed E-state index contributed by atoms with van der Waals surface area (Å²) in [5, 5.41) is 11.9. The first-order chi connectivity index (χ1) is 8.31. The lowest BCUT2D eigenvalue weighted by atomic mass is 9.80. The van der Waals surface area contributed by atoms with Crippen LogP contribution in [-0.4, -0.2) is 29.1 Å². The lowest BCUT2D eigenvalue weighted by Gasteiger charge is -2.34. The maximum atomic E-state index is 12.3. The van der Waals surface area contributed by atoms with Crippen LogP contribution in [0.4, 0.5) is 0 Å². The summed E-state index contributed by atoms with van der Waals surface area (Å²) in [5.74, 6) is -1.26. The first-order valence-corrected chi connectivity index (χ1v) is 6.58. The second-order valence-corrected chi connectivity index (χ2v) is 5.03. The molecule has 0 spiro atoms. The molecule has 1 atom stereocenters. The SMILES string of the molecule is CCCC(C)(NC(=O)C(CC)(CC)CN)C(=O)O. The Morgan fingerprint density at radius 2 is 1.72 bits per heavy atom. The van der Waals surface area contributed by atoms with Crippen LogP contribution in [0.3, 0.4) is 0 Å². The molecule has 0 aromatic rings. The van der Waals surface area contributed by atoms with Gasteiger partial charge in [-0.1, -0.05) is 27.2 Å². The third kappa shape index (κ3) is 3.45. The molecule has 1 unspecified atom stereocenters. The second kappa shape index (κ2) is 6.73. The van der Waals surface area contributed by atoms with Gasteiger partial charge in [-0.2, -0.15) is 0 Å². The molecule has 0 bridgehead atoms. The molecule has 0 aliphatic rings. The Labute approximate surface area is 109 Å². The van der Waals surface area contributed by atoms with E-state index < -0.39 is 16.9 Å². The first-order valence-electron chi connectivity index (χ1n) is 6.58. The lowest BCUT2D eigenvalue weighted by Crippen LogP contribution is -2.57. The van der Waals surface area contributed by atoms with E-state index in [0.29, 0.717) is 25.7 Å². The summed E-state index contributed by atoms with van der Waals surface area (Å²) < 4.78 is 0. The molecule has 0 aromatic heterocycles. The van der Waals surface area contributed by atoms with Gasteiger partial charge in [0.2, 0.25) is 5.91 Å². The average molecular weight is 258 g/mol. The zero-order valence-corrected chi connectivity index (χ0v) is 11.9. The first kappa shape index (κ1) is 16.9. The molecule has 0 aliphatic heterocycles. The summed E-state index contributed by atoms with van der Waals surface area (Å²) in [6.07, 6.45) is 2.31. The van der Waals surface area contributed by atoms with Crippen molar-refractivity contribution in [3.63, 3.8) is 0 Å². The molecule has 0 radical (unpaired) electrons. The van der Waals surface area contributed by atoms with E-state index in [-0.39, 0.29) is 12.5 Å². The fourth-order valence-corrected chi connectivity index (χ4v) is 2.06. The van der Waals surface area contributed by atoms with Gasteiger partial charge in [-0.3, -0.25) is 4.79 Å². The van der Waals surface area contributed by atoms with Crippen molar-refractivity contribution in [2.75, 3.05) is 6.54 Å². The molecular formula is C13H26N2O3. The van der Waals surface area contributed by atoms with Crippen LogP contribution in [0.25, 0.3) is 0 Å². The summed E-state index contributed by atoms with van der Waals surface area (Å²) in [6.45, 7) is 7.46. The normalized spacial score (nSPS) is 14.9. The van der Waals surface area contributed by atoms with Crippen molar-refractivity contribution < 1.29 is 14.7 Å². The molecule has 1 amide bonds. The van der Waals surface area contributed by atoms with Crippen molar-refractivity contribution in [2.24, 2.45) is 11.1 Å². The van der Waals surface area contributed by atoms with Crippen molar-refractivity contribution in [2.45, 2.75) is 58.9 Å². The van der Waals surface area contributed by atoms with Crippen LogP contribution in [0.1, 0.15) is 53.4 Å². The number of rotatable bonds is 8. The van der Waals surface area contributed by atoms with E-state index in [9.17, 15) is 14.7 Å². The Kier molecular flexibility index (Phi) is 6.32. The minimum absolute atomic E-state index is 0.230. The molecule has 0 heterocycles. The number of hydrogen-bond acceptors (Lipinski definition) is 3. The zero-order valence-electron chi connectivity index (χ0n) is 11.9. The van der Waals surface area contributed by atoms with E-state index in [0.717, 1.165) is 0 Å². The minimum Gasteiger partial charge on any atom is -0.480 e. The highest BCUT2D eigenvalue weighted by Crippen LogP contribution is 2.27. The highest BCUT2D eigenvalue weighted by atomic mass is 16.4. The summed E-state index contributed by atoms with van der Waals surface area (Å²) in [4.78, 5) is 23.6. The summed E-state index contributed by atoms with van der Waals surface area (Å²) in [5.41, 5.74) is 3.82. The number of nitrogens with one attached hydrogen (secondary N) is 1. The molecule has 0 saturated heterocycles. The van der Waals surface area contributed by atoms with Crippen LogP contribution in [0.15, 0.2) is 0 Å². The summed E-state index contributed by atoms with van der Waals surface area (Å²) in [6, 6.07) is 0. The van der Waals surface area contributed by atoms with Crippen LogP contribution in [0, 0.1) is 5.41 Å². The van der Waals surface area contributed by atoms with Crippen molar-refractivity contribution in [1.29, 1.82) is 0 Å². The molecule has 5 nitrogen and oxygen atoms in total. The predicted octanol–water partition coefficient (Wildman–Crippen LogP) is 1.51. The highest BCUT2D eigenvalue weighted by Gasteiger charge is 2.40. The number of carbonyl (C=O) groups excluding carboxylic acids is 1. The highest BCUT2D eigenvalue weighted by molar-refractivity contribution is 5.89. The largest absolute Gasteiger partial charge is 0.480 e. The Morgan fingerprint density at radius 3 is 2.00 bits per heavy atom. The fourth-order valence-electron chi connectivity index (χ4n) is 2.06. The summed E-state index contributed by atoms with van der Waals surface area (Å²) in [7, 11) is 0. The number of nitrogens with two attached hydrogens (primary N) is 1. The van der Waals surface area contributed by atoms with Crippen molar-refractivity contribution in [3.8, 4) is 0 Å². The molecule has 0 aliphatic carbocycles. The van der Waals surface area contributed by atoms with Gasteiger partial charge in [0.25, 0.3) is 0 Å². The molecule has 0 saturated carbocycles. The average Bonchev–Trinajstić information content (AvgIpc) is 2.32. The molecule has 0 rings (SSSR count). The molecule has 4 N–H and O–H groups in total. The van der Waals surface area contributed by atoms with Gasteiger partial charge in [0, 0.05) is 6.54 Å². The van der Waals surface area contributed by atoms with E-state index in [1.807, 2.05) is 20.8 Å². The van der Waals surface area contributed by atoms with Gasteiger partial charge in [0.15, 0.2) is 0 Å². The van der Waals surface area contributed by atoms with Crippen LogP contribution >= 0.6 is 0 Å². The molecule has 18 heavy (non-hydrogen) atoms. The second-order valence-electron chi connectivity index (χ2n) is 5.03. The Hall–Kier alpha value is -1.10. The van der Waals surface area contributed by atoms with Crippen LogP contribution in [0.2, 0.25) is 0 Å². The maximum absolute atomic E-state index is 12.3. The Balaban J connectivity index is 5.05. The number of carboxylic acids is 1. The molecule has 5 heteroatoms. The molecule has 0 fully saturated rings. The number of carboxylic acid groups (broad SMARTS) is 1. The number of aliphatic carboxylic acids is 1. The van der Waals surface area contributed by atoms with Gasteiger partial charge >= 0.3 is 5.97 Å². The van der Waals surface area contributed by atoms with Gasteiger partial charge in [-0.15, -0.1) is 0 Å². The van der Waals surface area contributed by atoms with Gasteiger partial charge in [0.1, 0.15) is 5.54 Å². The molecular weight excluding hydrogens is 232 g/mol. The van der Waals surface area contributed by atoms with Gasteiger partial charge in [0.05, 0.1) is 5.41 Å². The number of amides is 1. The third-order valence-corrected chi connectivity index (χ3v) is 3.84. The van der Waals surface area contributed by atoms with Crippen LogP contribution < -0.4 is 11.1 Å². The Bertz CT molecular complexity index is 292. The van der Waals surface area contributed by atoms with Crippen molar-refractivity contribution in [3.05, 3.63) is 0 Å².